The maximum absolute atomic E-state index is 5.84. The quantitative estimate of drug-likeness (QED) is 0.313. The summed E-state index contributed by atoms with van der Waals surface area (Å²) in [7, 11) is 0. The van der Waals surface area contributed by atoms with Gasteiger partial charge in [-0.3, -0.25) is 0 Å². The molecular formula is C20H33B. The van der Waals surface area contributed by atoms with Gasteiger partial charge in [0.05, 0.1) is 0 Å². The molecule has 0 radical (unpaired) electrons. The van der Waals surface area contributed by atoms with E-state index in [-0.39, 0.29) is 17.5 Å². The Morgan fingerprint density at radius 2 is 1.76 bits per heavy atom. The van der Waals surface area contributed by atoms with E-state index in [9.17, 15) is 0 Å². The van der Waals surface area contributed by atoms with Gasteiger partial charge in [-0.1, -0.05) is 77.6 Å². The molecule has 0 heterocycles. The van der Waals surface area contributed by atoms with Crippen LogP contribution < -0.4 is 0 Å². The third-order valence-corrected chi connectivity index (χ3v) is 5.05. The zero-order valence-electron chi connectivity index (χ0n) is 15.4. The fraction of sp³-hybridized carbons (Fsp3) is 0.600. The lowest BCUT2D eigenvalue weighted by molar-refractivity contribution is 0.156. The van der Waals surface area contributed by atoms with Crippen LogP contribution in [0.4, 0.5) is 0 Å². The number of allylic oxidation sites excluding steroid dienone is 5. The van der Waals surface area contributed by atoms with Crippen LogP contribution in [-0.2, 0) is 0 Å². The van der Waals surface area contributed by atoms with Crippen molar-refractivity contribution in [3.63, 3.8) is 0 Å². The summed E-state index contributed by atoms with van der Waals surface area (Å²) in [5.74, 6) is 3.00. The van der Waals surface area contributed by atoms with Crippen LogP contribution in [0.15, 0.2) is 35.3 Å². The Balaban J connectivity index is 5.37. The summed E-state index contributed by atoms with van der Waals surface area (Å²) >= 11 is 0. The summed E-state index contributed by atoms with van der Waals surface area (Å²) < 4.78 is 0. The molecule has 116 valence electrons. The van der Waals surface area contributed by atoms with E-state index in [1.807, 2.05) is 0 Å². The van der Waals surface area contributed by atoms with Crippen molar-refractivity contribution in [1.29, 1.82) is 0 Å². The SMILES string of the molecule is C#CB(CC(C)(C)C(C)(C)C)C(=C/C)/C=C(/C)C(=C)CC. The highest BCUT2D eigenvalue weighted by Crippen LogP contribution is 2.42. The molecule has 0 aromatic carbocycles. The monoisotopic (exact) mass is 284 g/mol. The fourth-order valence-corrected chi connectivity index (χ4v) is 2.11. The average Bonchev–Trinajstić information content (AvgIpc) is 2.39. The Morgan fingerprint density at radius 3 is 2.10 bits per heavy atom. The molecule has 0 unspecified atom stereocenters. The van der Waals surface area contributed by atoms with Gasteiger partial charge < -0.3 is 0 Å². The average molecular weight is 284 g/mol. The second-order valence-corrected chi connectivity index (χ2v) is 7.63. The molecule has 0 nitrogen and oxygen atoms in total. The molecule has 0 aromatic rings. The lowest BCUT2D eigenvalue weighted by Gasteiger charge is -2.40. The van der Waals surface area contributed by atoms with Gasteiger partial charge in [0.15, 0.2) is 0 Å². The highest BCUT2D eigenvalue weighted by molar-refractivity contribution is 6.75. The van der Waals surface area contributed by atoms with Crippen molar-refractivity contribution < 1.29 is 0 Å². The van der Waals surface area contributed by atoms with Crippen LogP contribution in [0.25, 0.3) is 0 Å². The van der Waals surface area contributed by atoms with E-state index in [1.165, 1.54) is 16.6 Å². The molecule has 0 aliphatic rings. The van der Waals surface area contributed by atoms with Gasteiger partial charge in [-0.2, -0.15) is 5.82 Å². The molecule has 0 amide bonds. The van der Waals surface area contributed by atoms with E-state index >= 15 is 0 Å². The molecule has 0 aliphatic carbocycles. The molecule has 21 heavy (non-hydrogen) atoms. The van der Waals surface area contributed by atoms with Crippen LogP contribution in [0.2, 0.25) is 6.32 Å². The smallest absolute Gasteiger partial charge is 0.152 e. The van der Waals surface area contributed by atoms with Gasteiger partial charge in [-0.05, 0) is 36.7 Å². The number of rotatable bonds is 6. The molecule has 0 atom stereocenters. The van der Waals surface area contributed by atoms with Gasteiger partial charge in [0, 0.05) is 0 Å². The molecule has 0 aliphatic heterocycles. The van der Waals surface area contributed by atoms with E-state index in [0.29, 0.717) is 0 Å². The van der Waals surface area contributed by atoms with Gasteiger partial charge in [-0.25, -0.2) is 0 Å². The highest BCUT2D eigenvalue weighted by atomic mass is 14.3. The third-order valence-electron chi connectivity index (χ3n) is 5.05. The highest BCUT2D eigenvalue weighted by Gasteiger charge is 2.36. The van der Waals surface area contributed by atoms with Crippen molar-refractivity contribution >= 4 is 6.71 Å². The molecule has 0 N–H and O–H groups in total. The van der Waals surface area contributed by atoms with Crippen molar-refractivity contribution in [1.82, 2.24) is 0 Å². The summed E-state index contributed by atoms with van der Waals surface area (Å²) in [6.45, 7) is 22.1. The second kappa shape index (κ2) is 7.74. The van der Waals surface area contributed by atoms with E-state index in [1.54, 1.807) is 0 Å². The normalized spacial score (nSPS) is 13.9. The predicted octanol–water partition coefficient (Wildman–Crippen LogP) is 6.12. The zero-order valence-corrected chi connectivity index (χ0v) is 15.4. The van der Waals surface area contributed by atoms with Crippen LogP contribution in [0.5, 0.6) is 0 Å². The van der Waals surface area contributed by atoms with E-state index < -0.39 is 0 Å². The predicted molar refractivity (Wildman–Crippen MR) is 99.6 cm³/mol. The Hall–Kier alpha value is -1.16. The van der Waals surface area contributed by atoms with Gasteiger partial charge in [0.1, 0.15) is 0 Å². The lowest BCUT2D eigenvalue weighted by Crippen LogP contribution is -2.34. The summed E-state index contributed by atoms with van der Waals surface area (Å²) in [4.78, 5) is 0. The number of terminal acetylenes is 1. The maximum Gasteiger partial charge on any atom is 0.263 e. The first-order valence-corrected chi connectivity index (χ1v) is 7.99. The van der Waals surface area contributed by atoms with Crippen LogP contribution in [0, 0.1) is 23.1 Å². The van der Waals surface area contributed by atoms with Crippen LogP contribution in [-0.4, -0.2) is 6.71 Å². The fourth-order valence-electron chi connectivity index (χ4n) is 2.11. The summed E-state index contributed by atoms with van der Waals surface area (Å²) in [5, 5.41) is 0. The van der Waals surface area contributed by atoms with Crippen molar-refractivity contribution in [2.45, 2.75) is 68.1 Å². The minimum Gasteiger partial charge on any atom is -0.152 e. The van der Waals surface area contributed by atoms with Gasteiger partial charge in [0.2, 0.25) is 0 Å². The third kappa shape index (κ3) is 5.62. The Kier molecular flexibility index (Phi) is 7.31. The second-order valence-electron chi connectivity index (χ2n) is 7.63. The minimum atomic E-state index is 0.156. The molecule has 0 saturated carbocycles. The molecular weight excluding hydrogens is 251 g/mol. The molecule has 1 heteroatoms. The lowest BCUT2D eigenvalue weighted by atomic mass is 9.37. The molecule has 0 rings (SSSR count). The molecule has 0 bridgehead atoms. The number of hydrogen-bond donors (Lipinski definition) is 0. The first-order chi connectivity index (χ1) is 9.50. The van der Waals surface area contributed by atoms with E-state index in [4.69, 9.17) is 6.42 Å². The van der Waals surface area contributed by atoms with Crippen LogP contribution >= 0.6 is 0 Å². The topological polar surface area (TPSA) is 0 Å². The van der Waals surface area contributed by atoms with Crippen LogP contribution in [0.3, 0.4) is 0 Å². The van der Waals surface area contributed by atoms with Gasteiger partial charge in [0.25, 0.3) is 6.71 Å². The van der Waals surface area contributed by atoms with Crippen molar-refractivity contribution in [3.05, 3.63) is 35.3 Å². The van der Waals surface area contributed by atoms with Crippen molar-refractivity contribution in [3.8, 4) is 12.2 Å². The number of hydrogen-bond acceptors (Lipinski definition) is 0. The maximum atomic E-state index is 5.84. The Labute approximate surface area is 133 Å². The van der Waals surface area contributed by atoms with E-state index in [0.717, 1.165) is 12.7 Å². The molecule has 0 aromatic heterocycles. The molecule has 0 saturated heterocycles. The Morgan fingerprint density at radius 1 is 1.24 bits per heavy atom. The van der Waals surface area contributed by atoms with Gasteiger partial charge >= 0.3 is 0 Å². The first-order valence-electron chi connectivity index (χ1n) is 7.99. The molecule has 0 spiro atoms. The largest absolute Gasteiger partial charge is 0.263 e. The van der Waals surface area contributed by atoms with E-state index in [2.05, 4.69) is 79.9 Å². The summed E-state index contributed by atoms with van der Waals surface area (Å²) in [6.07, 6.45) is 12.2. The summed E-state index contributed by atoms with van der Waals surface area (Å²) in [6, 6.07) is 0. The summed E-state index contributed by atoms with van der Waals surface area (Å²) in [5.41, 5.74) is 4.07. The zero-order chi connectivity index (χ0) is 16.8. The van der Waals surface area contributed by atoms with Gasteiger partial charge in [-0.15, -0.1) is 6.42 Å². The Bertz CT molecular complexity index is 461. The van der Waals surface area contributed by atoms with Crippen LogP contribution in [0.1, 0.15) is 61.8 Å². The van der Waals surface area contributed by atoms with Crippen molar-refractivity contribution in [2.75, 3.05) is 0 Å². The minimum absolute atomic E-state index is 0.156. The first kappa shape index (κ1) is 19.8. The molecule has 0 fully saturated rings. The standard InChI is InChI=1S/C20H33B/c1-11-16(4)17(5)14-18(12-2)21(13-3)15-20(9,10)19(6,7)8/h3,12,14H,4,11,15H2,1-2,5-10H3/b17-14-,18-12+. The van der Waals surface area contributed by atoms with Crippen molar-refractivity contribution in [2.24, 2.45) is 10.8 Å².